The minimum atomic E-state index is -6.08. The first-order valence-corrected chi connectivity index (χ1v) is 12.9. The first-order chi connectivity index (χ1) is 15.7. The molecule has 8 unspecified atom stereocenters. The molecule has 1 heterocycles. The second kappa shape index (κ2) is 6.67. The van der Waals surface area contributed by atoms with E-state index in [0.717, 1.165) is 6.42 Å². The largest absolute Gasteiger partial charge is 0.465 e. The van der Waals surface area contributed by atoms with E-state index < -0.39 is 80.4 Å². The molecule has 0 spiro atoms. The molecule has 6 bridgehead atoms. The van der Waals surface area contributed by atoms with Gasteiger partial charge in [0, 0.05) is 18.3 Å². The number of ether oxygens (including phenoxy) is 3. The average Bonchev–Trinajstić information content (AvgIpc) is 3.28. The maximum absolute atomic E-state index is 13.8. The highest BCUT2D eigenvalue weighted by molar-refractivity contribution is 7.87. The van der Waals surface area contributed by atoms with Crippen molar-refractivity contribution in [1.82, 2.24) is 0 Å². The lowest BCUT2D eigenvalue weighted by Crippen LogP contribution is -2.61. The van der Waals surface area contributed by atoms with E-state index >= 15 is 0 Å². The van der Waals surface area contributed by atoms with Crippen LogP contribution in [0.2, 0.25) is 0 Å². The lowest BCUT2D eigenvalue weighted by Gasteiger charge is -2.59. The summed E-state index contributed by atoms with van der Waals surface area (Å²) in [6.45, 7) is 0. The highest BCUT2D eigenvalue weighted by atomic mass is 32.2. The van der Waals surface area contributed by atoms with Crippen molar-refractivity contribution in [1.29, 1.82) is 0 Å². The van der Waals surface area contributed by atoms with Crippen molar-refractivity contribution in [3.8, 4) is 0 Å². The third kappa shape index (κ3) is 3.01. The number of carbonyl (C=O) groups excluding carboxylic acids is 3. The van der Waals surface area contributed by atoms with E-state index in [1.165, 1.54) is 0 Å². The van der Waals surface area contributed by atoms with Gasteiger partial charge in [-0.05, 0) is 50.4 Å². The summed E-state index contributed by atoms with van der Waals surface area (Å²) < 4.78 is 74.1. The van der Waals surface area contributed by atoms with Gasteiger partial charge in [0.15, 0.2) is 0 Å². The van der Waals surface area contributed by atoms with Crippen molar-refractivity contribution in [2.75, 3.05) is 0 Å². The standard InChI is InChI=1S/C21H24F2O10S/c22-21(23,34(28,29)30)18(26)32-15-11-2-10-12(16(24)31-14(10)15)13(11)17(25)33-20-5-8-1-9(6-20)4-19(27,3-8)7-20/h8-15,27H,1-7H2,(H,28,29,30). The van der Waals surface area contributed by atoms with E-state index in [2.05, 4.69) is 0 Å². The number of hydrogen-bond donors (Lipinski definition) is 2. The van der Waals surface area contributed by atoms with Gasteiger partial charge in [-0.25, -0.2) is 4.79 Å². The second-order valence-corrected chi connectivity index (χ2v) is 12.6. The molecular weight excluding hydrogens is 482 g/mol. The fraction of sp³-hybridized carbons (Fsp3) is 0.857. The lowest BCUT2D eigenvalue weighted by atomic mass is 9.52. The Morgan fingerprint density at radius 2 is 1.74 bits per heavy atom. The molecule has 2 N–H and O–H groups in total. The smallest absolute Gasteiger partial charge is 0.459 e. The Balaban J connectivity index is 1.24. The SMILES string of the molecule is O=C1OC2C3CC(C2OC(=O)C(F)(F)S(=O)(=O)O)C(C(=O)OC24CC5CC(CC(O)(C5)C2)C4)C13. The first-order valence-electron chi connectivity index (χ1n) is 11.4. The number of halogens is 2. The van der Waals surface area contributed by atoms with Crippen LogP contribution in [0.15, 0.2) is 0 Å². The fourth-order valence-electron chi connectivity index (χ4n) is 8.30. The molecule has 6 saturated carbocycles. The summed E-state index contributed by atoms with van der Waals surface area (Å²) in [5.41, 5.74) is -1.75. The number of esters is 3. The lowest BCUT2D eigenvalue weighted by molar-refractivity contribution is -0.225. The Morgan fingerprint density at radius 1 is 1.09 bits per heavy atom. The van der Waals surface area contributed by atoms with Crippen LogP contribution in [0.4, 0.5) is 8.78 Å². The summed E-state index contributed by atoms with van der Waals surface area (Å²) >= 11 is 0. The van der Waals surface area contributed by atoms with Crippen molar-refractivity contribution >= 4 is 28.0 Å². The zero-order chi connectivity index (χ0) is 24.4. The van der Waals surface area contributed by atoms with Crippen LogP contribution in [0.3, 0.4) is 0 Å². The molecule has 7 rings (SSSR count). The second-order valence-electron chi connectivity index (χ2n) is 11.2. The maximum Gasteiger partial charge on any atom is 0.465 e. The number of aliphatic hydroxyl groups is 1. The molecule has 7 aliphatic rings. The van der Waals surface area contributed by atoms with Gasteiger partial charge in [-0.3, -0.25) is 14.1 Å². The molecule has 0 aromatic heterocycles. The predicted octanol–water partition coefficient (Wildman–Crippen LogP) is 0.813. The number of hydrogen-bond acceptors (Lipinski definition) is 9. The monoisotopic (exact) mass is 506 g/mol. The summed E-state index contributed by atoms with van der Waals surface area (Å²) in [4.78, 5) is 37.8. The third-order valence-electron chi connectivity index (χ3n) is 8.92. The van der Waals surface area contributed by atoms with E-state index in [0.29, 0.717) is 32.1 Å². The molecule has 0 radical (unpaired) electrons. The molecule has 0 amide bonds. The summed E-state index contributed by atoms with van der Waals surface area (Å²) in [5.74, 6) is -6.88. The van der Waals surface area contributed by atoms with E-state index in [9.17, 15) is 36.7 Å². The van der Waals surface area contributed by atoms with Crippen LogP contribution in [0, 0.1) is 35.5 Å². The van der Waals surface area contributed by atoms with E-state index in [4.69, 9.17) is 18.8 Å². The van der Waals surface area contributed by atoms with Crippen LogP contribution in [0.1, 0.15) is 44.9 Å². The zero-order valence-corrected chi connectivity index (χ0v) is 18.7. The van der Waals surface area contributed by atoms with Crippen molar-refractivity contribution in [3.05, 3.63) is 0 Å². The maximum atomic E-state index is 13.8. The van der Waals surface area contributed by atoms with E-state index in [1.54, 1.807) is 0 Å². The summed E-state index contributed by atoms with van der Waals surface area (Å²) in [5, 5.41) is 5.71. The minimum Gasteiger partial charge on any atom is -0.459 e. The van der Waals surface area contributed by atoms with Crippen LogP contribution in [0.5, 0.6) is 0 Å². The summed E-state index contributed by atoms with van der Waals surface area (Å²) in [6, 6.07) is 0. The highest BCUT2D eigenvalue weighted by Crippen LogP contribution is 2.62. The van der Waals surface area contributed by atoms with E-state index in [1.807, 2.05) is 0 Å². The number of fused-ring (bicyclic) bond motifs is 1. The van der Waals surface area contributed by atoms with Crippen molar-refractivity contribution in [3.63, 3.8) is 0 Å². The summed E-state index contributed by atoms with van der Waals surface area (Å²) in [6.07, 6.45) is 1.44. The average molecular weight is 506 g/mol. The molecular formula is C21H24F2O10S. The van der Waals surface area contributed by atoms with Crippen molar-refractivity contribution < 1.29 is 55.5 Å². The van der Waals surface area contributed by atoms with Gasteiger partial charge < -0.3 is 19.3 Å². The quantitative estimate of drug-likeness (QED) is 0.311. The van der Waals surface area contributed by atoms with Gasteiger partial charge in [-0.15, -0.1) is 0 Å². The number of rotatable bonds is 5. The van der Waals surface area contributed by atoms with Gasteiger partial charge in [-0.1, -0.05) is 0 Å². The first kappa shape index (κ1) is 22.6. The zero-order valence-electron chi connectivity index (χ0n) is 17.9. The number of alkyl halides is 2. The number of carbonyl (C=O) groups is 3. The molecule has 0 aromatic carbocycles. The van der Waals surface area contributed by atoms with Crippen molar-refractivity contribution in [2.24, 2.45) is 35.5 Å². The Kier molecular flexibility index (Phi) is 4.43. The molecule has 8 atom stereocenters. The van der Waals surface area contributed by atoms with Gasteiger partial charge >= 0.3 is 33.3 Å². The minimum absolute atomic E-state index is 0.179. The Hall–Kier alpha value is -1.86. The van der Waals surface area contributed by atoms with Gasteiger partial charge in [0.25, 0.3) is 0 Å². The fourth-order valence-corrected chi connectivity index (χ4v) is 8.56. The molecule has 0 aromatic rings. The van der Waals surface area contributed by atoms with Crippen LogP contribution in [0.25, 0.3) is 0 Å². The topological polar surface area (TPSA) is 154 Å². The molecule has 6 aliphatic carbocycles. The molecule has 7 fully saturated rings. The Labute approximate surface area is 193 Å². The van der Waals surface area contributed by atoms with Crippen LogP contribution >= 0.6 is 0 Å². The predicted molar refractivity (Wildman–Crippen MR) is 103 cm³/mol. The highest BCUT2D eigenvalue weighted by Gasteiger charge is 2.72. The molecule has 10 nitrogen and oxygen atoms in total. The molecule has 1 saturated heterocycles. The Bertz CT molecular complexity index is 1080. The molecule has 13 heteroatoms. The van der Waals surface area contributed by atoms with Gasteiger partial charge in [0.05, 0.1) is 17.4 Å². The summed E-state index contributed by atoms with van der Waals surface area (Å²) in [7, 11) is -6.08. The normalized spacial score (nSPS) is 48.2. The van der Waals surface area contributed by atoms with Crippen molar-refractivity contribution in [2.45, 2.75) is 73.6 Å². The van der Waals surface area contributed by atoms with Gasteiger partial charge in [0.2, 0.25) is 0 Å². The van der Waals surface area contributed by atoms with Gasteiger partial charge in [0.1, 0.15) is 17.8 Å². The van der Waals surface area contributed by atoms with Gasteiger partial charge in [-0.2, -0.15) is 17.2 Å². The van der Waals surface area contributed by atoms with Crippen LogP contribution in [-0.4, -0.2) is 64.6 Å². The molecule has 188 valence electrons. The third-order valence-corrected chi connectivity index (χ3v) is 9.73. The van der Waals surface area contributed by atoms with Crippen LogP contribution in [-0.2, 0) is 38.7 Å². The Morgan fingerprint density at radius 3 is 2.32 bits per heavy atom. The van der Waals surface area contributed by atoms with Crippen LogP contribution < -0.4 is 0 Å². The molecule has 34 heavy (non-hydrogen) atoms. The molecule has 1 aliphatic heterocycles. The van der Waals surface area contributed by atoms with E-state index in [-0.39, 0.29) is 18.3 Å².